The van der Waals surface area contributed by atoms with Crippen molar-refractivity contribution in [3.63, 3.8) is 0 Å². The maximum Gasteiger partial charge on any atom is 0.247 e. The molecule has 2 N–H and O–H groups in total. The van der Waals surface area contributed by atoms with Gasteiger partial charge >= 0.3 is 0 Å². The van der Waals surface area contributed by atoms with Crippen LogP contribution in [0.3, 0.4) is 0 Å². The minimum atomic E-state index is -3.04. The zero-order valence-electron chi connectivity index (χ0n) is 18.0. The lowest BCUT2D eigenvalue weighted by molar-refractivity contribution is -0.119. The van der Waals surface area contributed by atoms with E-state index in [1.807, 2.05) is 0 Å². The van der Waals surface area contributed by atoms with E-state index < -0.39 is 27.4 Å². The van der Waals surface area contributed by atoms with Crippen molar-refractivity contribution < 1.29 is 22.5 Å². The second-order valence-electron chi connectivity index (χ2n) is 8.54. The van der Waals surface area contributed by atoms with Gasteiger partial charge in [-0.25, -0.2) is 18.4 Å². The van der Waals surface area contributed by atoms with Crippen LogP contribution in [0, 0.1) is 21.8 Å². The number of rotatable bonds is 5. The van der Waals surface area contributed by atoms with Crippen molar-refractivity contribution in [2.75, 3.05) is 30.1 Å². The van der Waals surface area contributed by atoms with Gasteiger partial charge in [-0.2, -0.15) is 4.39 Å². The van der Waals surface area contributed by atoms with Crippen molar-refractivity contribution in [1.29, 1.82) is 4.78 Å². The number of carbonyl (C=O) groups is 1. The number of aromatic nitrogens is 1. The van der Waals surface area contributed by atoms with Gasteiger partial charge in [-0.3, -0.25) is 4.79 Å². The molecule has 4 rings (SSSR count). The molecule has 172 valence electrons. The predicted octanol–water partition coefficient (Wildman–Crippen LogP) is 4.18. The summed E-state index contributed by atoms with van der Waals surface area (Å²) in [6, 6.07) is 4.89. The first-order valence-electron chi connectivity index (χ1n) is 10.5. The first kappa shape index (κ1) is 22.4. The van der Waals surface area contributed by atoms with Crippen LogP contribution >= 0.6 is 0 Å². The summed E-state index contributed by atoms with van der Waals surface area (Å²) in [6.45, 7) is 0.511. The third-order valence-corrected chi connectivity index (χ3v) is 7.56. The average molecular weight is 465 g/mol. The van der Waals surface area contributed by atoms with E-state index in [2.05, 4.69) is 10.3 Å². The Balaban J connectivity index is 1.72. The molecule has 2 heterocycles. The predicted molar refractivity (Wildman–Crippen MR) is 117 cm³/mol. The zero-order chi connectivity index (χ0) is 23.1. The van der Waals surface area contributed by atoms with Crippen molar-refractivity contribution >= 4 is 27.0 Å². The molecule has 2 atom stereocenters. The molecule has 0 radical (unpaired) electrons. The van der Waals surface area contributed by atoms with Gasteiger partial charge in [0.05, 0.1) is 22.5 Å². The van der Waals surface area contributed by atoms with Crippen LogP contribution in [0.5, 0.6) is 5.75 Å². The monoisotopic (exact) mass is 464 g/mol. The smallest absolute Gasteiger partial charge is 0.247 e. The number of anilines is 2. The highest BCUT2D eigenvalue weighted by molar-refractivity contribution is 7.91. The minimum Gasteiger partial charge on any atom is -0.491 e. The van der Waals surface area contributed by atoms with Crippen molar-refractivity contribution in [2.45, 2.75) is 43.2 Å². The lowest BCUT2D eigenvalue weighted by Crippen LogP contribution is -2.48. The van der Waals surface area contributed by atoms with Crippen LogP contribution in [0.2, 0.25) is 0 Å². The Labute approximate surface area is 186 Å². The quantitative estimate of drug-likeness (QED) is 0.692. The molecule has 32 heavy (non-hydrogen) atoms. The summed E-state index contributed by atoms with van der Waals surface area (Å²) >= 11 is 0. The summed E-state index contributed by atoms with van der Waals surface area (Å²) in [4.78, 5) is 19.3. The van der Waals surface area contributed by atoms with E-state index in [0.29, 0.717) is 17.9 Å². The van der Waals surface area contributed by atoms with Gasteiger partial charge < -0.3 is 15.0 Å². The number of carbonyl (C=O) groups excluding carboxylic acids is 1. The topological polar surface area (TPSA) is 95.4 Å². The first-order valence-corrected chi connectivity index (χ1v) is 12.4. The van der Waals surface area contributed by atoms with E-state index >= 15 is 0 Å². The SMILES string of the molecule is COc1c(N2CCC3(CCCC3)[C@H]2C(=O)Nc2ccnc([S@](C)(=N)=O)c2)ccc(F)c1F. The summed E-state index contributed by atoms with van der Waals surface area (Å²) in [7, 11) is -1.76. The van der Waals surface area contributed by atoms with E-state index in [0.717, 1.165) is 38.2 Å². The number of hydrogen-bond donors (Lipinski definition) is 2. The highest BCUT2D eigenvalue weighted by atomic mass is 32.2. The molecule has 10 heteroatoms. The van der Waals surface area contributed by atoms with E-state index in [-0.39, 0.29) is 22.1 Å². The molecular formula is C22H26F2N4O3S. The van der Waals surface area contributed by atoms with Crippen molar-refractivity contribution in [1.82, 2.24) is 4.98 Å². The molecule has 1 saturated heterocycles. The summed E-state index contributed by atoms with van der Waals surface area (Å²) < 4.78 is 53.2. The van der Waals surface area contributed by atoms with Crippen molar-refractivity contribution in [3.05, 3.63) is 42.1 Å². The normalized spacial score (nSPS) is 21.5. The van der Waals surface area contributed by atoms with Crippen LogP contribution in [0.15, 0.2) is 35.5 Å². The Bertz CT molecular complexity index is 1150. The van der Waals surface area contributed by atoms with Gasteiger partial charge in [-0.05, 0) is 43.5 Å². The highest BCUT2D eigenvalue weighted by Gasteiger charge is 2.53. The fraction of sp³-hybridized carbons (Fsp3) is 0.455. The molecule has 1 saturated carbocycles. The summed E-state index contributed by atoms with van der Waals surface area (Å²) in [6.07, 6.45) is 7.16. The second-order valence-corrected chi connectivity index (χ2v) is 10.7. The van der Waals surface area contributed by atoms with Crippen LogP contribution < -0.4 is 15.0 Å². The number of amides is 1. The molecule has 2 aromatic rings. The van der Waals surface area contributed by atoms with Gasteiger partial charge in [0, 0.05) is 30.1 Å². The van der Waals surface area contributed by atoms with E-state index in [1.54, 1.807) is 11.0 Å². The summed E-state index contributed by atoms with van der Waals surface area (Å²) in [5, 5.41) is 2.95. The van der Waals surface area contributed by atoms with Gasteiger partial charge in [-0.1, -0.05) is 12.8 Å². The molecule has 1 aromatic carbocycles. The molecule has 7 nitrogen and oxygen atoms in total. The number of hydrogen-bond acceptors (Lipinski definition) is 6. The van der Waals surface area contributed by atoms with Crippen LogP contribution in [-0.4, -0.2) is 41.1 Å². The highest BCUT2D eigenvalue weighted by Crippen LogP contribution is 2.52. The third-order valence-electron chi connectivity index (χ3n) is 6.53. The Hall–Kier alpha value is -2.75. The van der Waals surface area contributed by atoms with Gasteiger partial charge in [0.1, 0.15) is 11.1 Å². The molecule has 1 amide bonds. The standard InChI is InChI=1S/C22H26F2N4O3S/c1-31-19-16(6-5-15(23)18(19)24)28-12-10-22(8-3-4-9-22)20(28)21(29)27-14-7-11-26-17(13-14)32(2,25)30/h5-7,11,13,20,25H,3-4,8-10,12H2,1-2H3,(H,26,27,29)/t20-,32-/m1/s1. The molecule has 1 spiro atoms. The van der Waals surface area contributed by atoms with Crippen LogP contribution in [0.25, 0.3) is 0 Å². The molecule has 2 fully saturated rings. The van der Waals surface area contributed by atoms with Crippen LogP contribution in [0.4, 0.5) is 20.2 Å². The molecule has 1 aliphatic carbocycles. The fourth-order valence-corrected chi connectivity index (χ4v) is 5.69. The number of nitrogens with zero attached hydrogens (tertiary/aromatic N) is 2. The maximum absolute atomic E-state index is 14.4. The molecule has 0 unspecified atom stereocenters. The largest absolute Gasteiger partial charge is 0.491 e. The number of pyridine rings is 1. The zero-order valence-corrected chi connectivity index (χ0v) is 18.8. The van der Waals surface area contributed by atoms with E-state index in [9.17, 15) is 17.8 Å². The lowest BCUT2D eigenvalue weighted by atomic mass is 9.78. The molecule has 2 aliphatic rings. The fourth-order valence-electron chi connectivity index (χ4n) is 5.07. The molecule has 1 aliphatic heterocycles. The Morgan fingerprint density at radius 1 is 1.28 bits per heavy atom. The first-order chi connectivity index (χ1) is 15.2. The average Bonchev–Trinajstić information content (AvgIpc) is 3.37. The number of nitrogens with one attached hydrogen (secondary N) is 2. The molecule has 0 bridgehead atoms. The summed E-state index contributed by atoms with van der Waals surface area (Å²) in [5.74, 6) is -2.60. The third kappa shape index (κ3) is 3.92. The van der Waals surface area contributed by atoms with Gasteiger partial charge in [0.25, 0.3) is 0 Å². The van der Waals surface area contributed by atoms with Crippen molar-refractivity contribution in [2.24, 2.45) is 5.41 Å². The number of halogens is 2. The Morgan fingerprint density at radius 3 is 2.66 bits per heavy atom. The second kappa shape index (κ2) is 8.31. The van der Waals surface area contributed by atoms with E-state index in [4.69, 9.17) is 9.52 Å². The van der Waals surface area contributed by atoms with E-state index in [1.165, 1.54) is 31.7 Å². The van der Waals surface area contributed by atoms with Gasteiger partial charge in [0.15, 0.2) is 11.6 Å². The maximum atomic E-state index is 14.4. The van der Waals surface area contributed by atoms with Gasteiger partial charge in [0.2, 0.25) is 11.7 Å². The number of benzene rings is 1. The lowest BCUT2D eigenvalue weighted by Gasteiger charge is -2.35. The molecule has 1 aromatic heterocycles. The minimum absolute atomic E-state index is 0.0800. The van der Waals surface area contributed by atoms with Crippen molar-refractivity contribution in [3.8, 4) is 5.75 Å². The Morgan fingerprint density at radius 2 is 2.00 bits per heavy atom. The van der Waals surface area contributed by atoms with Crippen LogP contribution in [-0.2, 0) is 14.5 Å². The number of ether oxygens (including phenoxy) is 1. The number of methoxy groups -OCH3 is 1. The Kier molecular flexibility index (Phi) is 5.83. The van der Waals surface area contributed by atoms with Crippen LogP contribution in [0.1, 0.15) is 32.1 Å². The van der Waals surface area contributed by atoms with Gasteiger partial charge in [-0.15, -0.1) is 0 Å². The summed E-state index contributed by atoms with van der Waals surface area (Å²) in [5.41, 5.74) is 0.455. The molecular weight excluding hydrogens is 438 g/mol.